The van der Waals surface area contributed by atoms with Crippen molar-refractivity contribution in [3.63, 3.8) is 0 Å². The van der Waals surface area contributed by atoms with Gasteiger partial charge in [-0.3, -0.25) is 9.59 Å². The second-order valence-corrected chi connectivity index (χ2v) is 11.1. The van der Waals surface area contributed by atoms with Gasteiger partial charge in [0.15, 0.2) is 0 Å². The molecule has 0 unspecified atom stereocenters. The van der Waals surface area contributed by atoms with Crippen molar-refractivity contribution < 1.29 is 9.59 Å². The summed E-state index contributed by atoms with van der Waals surface area (Å²) in [5.41, 5.74) is 6.66. The van der Waals surface area contributed by atoms with Gasteiger partial charge in [0.05, 0.1) is 22.3 Å². The zero-order valence-corrected chi connectivity index (χ0v) is 23.0. The second kappa shape index (κ2) is 8.79. The third-order valence-corrected chi connectivity index (χ3v) is 8.02. The van der Waals surface area contributed by atoms with Gasteiger partial charge < -0.3 is 4.98 Å². The number of benzene rings is 5. The Morgan fingerprint density at radius 1 is 0.579 bits per heavy atom. The van der Waals surface area contributed by atoms with E-state index in [2.05, 4.69) is 49.0 Å². The molecule has 0 radical (unpaired) electrons. The molecule has 4 nitrogen and oxygen atoms in total. The van der Waals surface area contributed by atoms with E-state index in [1.807, 2.05) is 84.9 Å². The van der Waals surface area contributed by atoms with E-state index in [0.29, 0.717) is 16.8 Å². The Morgan fingerprint density at radius 2 is 1.29 bits per heavy atom. The Hall–Kier alpha value is -4.00. The number of carbonyl (C=O) groups excluding carboxylic acids is 2. The van der Waals surface area contributed by atoms with Crippen molar-refractivity contribution in [1.82, 2.24) is 4.98 Å². The van der Waals surface area contributed by atoms with Crippen molar-refractivity contribution in [3.05, 3.63) is 123 Å². The topological polar surface area (TPSA) is 53.2 Å². The average molecular weight is 622 g/mol. The molecule has 1 N–H and O–H groups in total. The largest absolute Gasteiger partial charge is 0.354 e. The van der Waals surface area contributed by atoms with Gasteiger partial charge in [0.2, 0.25) is 0 Å². The van der Waals surface area contributed by atoms with Gasteiger partial charge in [-0.15, -0.1) is 0 Å². The van der Waals surface area contributed by atoms with Gasteiger partial charge in [-0.2, -0.15) is 0 Å². The highest BCUT2D eigenvalue weighted by molar-refractivity contribution is 9.10. The van der Waals surface area contributed by atoms with Crippen molar-refractivity contribution >= 4 is 71.2 Å². The molecule has 0 bridgehead atoms. The second-order valence-electron chi connectivity index (χ2n) is 9.25. The molecular formula is C32H18Br2N2O2. The number of hydrogen-bond donors (Lipinski definition) is 1. The Morgan fingerprint density at radius 3 is 2.13 bits per heavy atom. The van der Waals surface area contributed by atoms with Gasteiger partial charge in [-0.05, 0) is 53.6 Å². The first-order chi connectivity index (χ1) is 18.5. The summed E-state index contributed by atoms with van der Waals surface area (Å²) in [5.74, 6) is -0.641. The van der Waals surface area contributed by atoms with Crippen LogP contribution in [0.3, 0.4) is 0 Å². The summed E-state index contributed by atoms with van der Waals surface area (Å²) in [5, 5.41) is 2.11. The molecule has 0 saturated heterocycles. The van der Waals surface area contributed by atoms with E-state index in [9.17, 15) is 9.59 Å². The van der Waals surface area contributed by atoms with Crippen molar-refractivity contribution in [2.24, 2.45) is 0 Å². The van der Waals surface area contributed by atoms with Gasteiger partial charge in [0.25, 0.3) is 11.8 Å². The molecule has 2 amide bonds. The summed E-state index contributed by atoms with van der Waals surface area (Å²) in [6.07, 6.45) is 0. The minimum atomic E-state index is -0.323. The third-order valence-electron chi connectivity index (χ3n) is 7.07. The fraction of sp³-hybridized carbons (Fsp3) is 0. The SMILES string of the molecule is O=C1c2cccc(-c3cc(Br)cc4c3[nH]c3ccc(Br)cc34)c2C(=O)N1c1ccccc1-c1ccccc1. The molecule has 5 aromatic carbocycles. The predicted octanol–water partition coefficient (Wildman–Crippen LogP) is 8.98. The van der Waals surface area contributed by atoms with Gasteiger partial charge in [-0.25, -0.2) is 4.90 Å². The van der Waals surface area contributed by atoms with Gasteiger partial charge >= 0.3 is 0 Å². The first kappa shape index (κ1) is 23.1. The standard InChI is InChI=1S/C32H18Br2N2O2/c33-19-13-14-27-24(15-19)26-17-20(34)16-25(30(26)35-27)22-10-6-11-23-29(22)32(38)36(31(23)37)28-12-5-4-9-21(28)18-7-2-1-3-8-18/h1-17,35H. The molecule has 6 heteroatoms. The van der Waals surface area contributed by atoms with Crippen LogP contribution in [-0.2, 0) is 0 Å². The Kier molecular flexibility index (Phi) is 5.35. The van der Waals surface area contributed by atoms with Crippen LogP contribution >= 0.6 is 31.9 Å². The highest BCUT2D eigenvalue weighted by Gasteiger charge is 2.40. The lowest BCUT2D eigenvalue weighted by atomic mass is 9.95. The first-order valence-corrected chi connectivity index (χ1v) is 13.7. The average Bonchev–Trinajstić information content (AvgIpc) is 3.42. The zero-order valence-electron chi connectivity index (χ0n) is 19.8. The number of anilines is 1. The number of carbonyl (C=O) groups is 2. The van der Waals surface area contributed by atoms with E-state index in [1.54, 1.807) is 6.07 Å². The Bertz CT molecular complexity index is 1940. The van der Waals surface area contributed by atoms with Crippen LogP contribution < -0.4 is 4.90 Å². The molecule has 38 heavy (non-hydrogen) atoms. The van der Waals surface area contributed by atoms with E-state index < -0.39 is 0 Å². The minimum Gasteiger partial charge on any atom is -0.354 e. The molecule has 7 rings (SSSR count). The first-order valence-electron chi connectivity index (χ1n) is 12.1. The number of aromatic amines is 1. The van der Waals surface area contributed by atoms with Crippen LogP contribution in [0.2, 0.25) is 0 Å². The van der Waals surface area contributed by atoms with Crippen LogP contribution in [0.1, 0.15) is 20.7 Å². The smallest absolute Gasteiger partial charge is 0.266 e. The van der Waals surface area contributed by atoms with Gasteiger partial charge in [0.1, 0.15) is 0 Å². The maximum Gasteiger partial charge on any atom is 0.266 e. The zero-order chi connectivity index (χ0) is 26.0. The van der Waals surface area contributed by atoms with E-state index in [1.165, 1.54) is 4.90 Å². The fourth-order valence-corrected chi connectivity index (χ4v) is 6.23. The number of H-pyrrole nitrogens is 1. The van der Waals surface area contributed by atoms with Crippen LogP contribution in [0.15, 0.2) is 112 Å². The summed E-state index contributed by atoms with van der Waals surface area (Å²) < 4.78 is 1.88. The number of nitrogens with zero attached hydrogens (tertiary/aromatic N) is 1. The summed E-state index contributed by atoms with van der Waals surface area (Å²) in [6.45, 7) is 0. The van der Waals surface area contributed by atoms with E-state index in [-0.39, 0.29) is 11.8 Å². The number of fused-ring (bicyclic) bond motifs is 4. The number of para-hydroxylation sites is 1. The molecule has 2 heterocycles. The molecule has 182 valence electrons. The molecule has 0 fully saturated rings. The van der Waals surface area contributed by atoms with Gasteiger partial charge in [0, 0.05) is 36.4 Å². The normalized spacial score (nSPS) is 13.1. The molecule has 0 saturated carbocycles. The molecule has 1 aliphatic rings. The van der Waals surface area contributed by atoms with E-state index in [4.69, 9.17) is 0 Å². The maximum absolute atomic E-state index is 14.1. The highest BCUT2D eigenvalue weighted by Crippen LogP contribution is 2.42. The lowest BCUT2D eigenvalue weighted by Crippen LogP contribution is -2.30. The molecule has 1 aromatic heterocycles. The highest BCUT2D eigenvalue weighted by atomic mass is 79.9. The van der Waals surface area contributed by atoms with Gasteiger partial charge in [-0.1, -0.05) is 92.5 Å². The van der Waals surface area contributed by atoms with Crippen LogP contribution in [0.25, 0.3) is 44.1 Å². The number of hydrogen-bond acceptors (Lipinski definition) is 2. The fourth-order valence-electron chi connectivity index (χ4n) is 5.41. The molecule has 0 spiro atoms. The number of imide groups is 1. The lowest BCUT2D eigenvalue weighted by molar-refractivity contribution is 0.0926. The van der Waals surface area contributed by atoms with Crippen LogP contribution in [0.5, 0.6) is 0 Å². The number of rotatable bonds is 3. The number of aromatic nitrogens is 1. The molecule has 0 aliphatic carbocycles. The summed E-state index contributed by atoms with van der Waals surface area (Å²) in [6, 6.07) is 33.0. The lowest BCUT2D eigenvalue weighted by Gasteiger charge is -2.18. The van der Waals surface area contributed by atoms with Crippen molar-refractivity contribution in [2.75, 3.05) is 4.90 Å². The van der Waals surface area contributed by atoms with Crippen LogP contribution in [0.4, 0.5) is 5.69 Å². The molecular weight excluding hydrogens is 604 g/mol. The van der Waals surface area contributed by atoms with E-state index >= 15 is 0 Å². The number of nitrogens with one attached hydrogen (secondary N) is 1. The molecule has 0 atom stereocenters. The number of halogens is 2. The van der Waals surface area contributed by atoms with Crippen LogP contribution in [-0.4, -0.2) is 16.8 Å². The quantitative estimate of drug-likeness (QED) is 0.201. The van der Waals surface area contributed by atoms with Crippen LogP contribution in [0, 0.1) is 0 Å². The molecule has 6 aromatic rings. The Labute approximate surface area is 235 Å². The number of amides is 2. The summed E-state index contributed by atoms with van der Waals surface area (Å²) in [4.78, 5) is 32.7. The minimum absolute atomic E-state index is 0.318. The summed E-state index contributed by atoms with van der Waals surface area (Å²) in [7, 11) is 0. The maximum atomic E-state index is 14.1. The van der Waals surface area contributed by atoms with Crippen molar-refractivity contribution in [2.45, 2.75) is 0 Å². The van der Waals surface area contributed by atoms with E-state index in [0.717, 1.165) is 53.0 Å². The third kappa shape index (κ3) is 3.48. The predicted molar refractivity (Wildman–Crippen MR) is 160 cm³/mol. The van der Waals surface area contributed by atoms with Crippen molar-refractivity contribution in [1.29, 1.82) is 0 Å². The van der Waals surface area contributed by atoms with Crippen molar-refractivity contribution in [3.8, 4) is 22.3 Å². The Balaban J connectivity index is 1.44. The molecule has 1 aliphatic heterocycles. The summed E-state index contributed by atoms with van der Waals surface area (Å²) >= 11 is 7.25. The monoisotopic (exact) mass is 620 g/mol.